The molecule has 0 fully saturated rings. The second-order valence-corrected chi connectivity index (χ2v) is 3.48. The highest BCUT2D eigenvalue weighted by atomic mass is 16.3. The lowest BCUT2D eigenvalue weighted by molar-refractivity contribution is 0.601. The van der Waals surface area contributed by atoms with Crippen LogP contribution in [0.5, 0.6) is 0 Å². The highest BCUT2D eigenvalue weighted by Gasteiger charge is 2.00. The Morgan fingerprint density at radius 2 is 2.20 bits per heavy atom. The van der Waals surface area contributed by atoms with Gasteiger partial charge in [0.15, 0.2) is 5.76 Å². The van der Waals surface area contributed by atoms with Gasteiger partial charge in [0.05, 0.1) is 6.54 Å². The number of nitrogens with one attached hydrogen (secondary N) is 1. The Labute approximate surface area is 89.3 Å². The van der Waals surface area contributed by atoms with Crippen LogP contribution in [-0.4, -0.2) is 13.6 Å². The van der Waals surface area contributed by atoms with Crippen molar-refractivity contribution in [1.82, 2.24) is 5.32 Å². The van der Waals surface area contributed by atoms with Crippen LogP contribution in [0.25, 0.3) is 11.0 Å². The first kappa shape index (κ1) is 9.82. The van der Waals surface area contributed by atoms with Gasteiger partial charge in [-0.15, -0.1) is 0 Å². The fourth-order valence-electron chi connectivity index (χ4n) is 1.44. The number of aryl methyl sites for hydroxylation is 1. The second kappa shape index (κ2) is 4.20. The van der Waals surface area contributed by atoms with Crippen LogP contribution >= 0.6 is 0 Å². The molecule has 76 valence electrons. The summed E-state index contributed by atoms with van der Waals surface area (Å²) in [5.41, 5.74) is 2.13. The first-order valence-electron chi connectivity index (χ1n) is 4.93. The van der Waals surface area contributed by atoms with Crippen LogP contribution in [0.3, 0.4) is 0 Å². The summed E-state index contributed by atoms with van der Waals surface area (Å²) < 4.78 is 5.57. The minimum Gasteiger partial charge on any atom is -0.448 e. The van der Waals surface area contributed by atoms with E-state index in [1.165, 1.54) is 5.56 Å². The van der Waals surface area contributed by atoms with Crippen molar-refractivity contribution >= 4 is 11.0 Å². The van der Waals surface area contributed by atoms with Gasteiger partial charge in [0.25, 0.3) is 0 Å². The van der Waals surface area contributed by atoms with E-state index in [1.807, 2.05) is 25.2 Å². The van der Waals surface area contributed by atoms with Crippen LogP contribution in [0, 0.1) is 18.8 Å². The summed E-state index contributed by atoms with van der Waals surface area (Å²) in [7, 11) is 1.87. The molecule has 0 radical (unpaired) electrons. The van der Waals surface area contributed by atoms with E-state index in [0.717, 1.165) is 16.7 Å². The van der Waals surface area contributed by atoms with Crippen molar-refractivity contribution in [3.63, 3.8) is 0 Å². The van der Waals surface area contributed by atoms with Crippen molar-refractivity contribution in [2.24, 2.45) is 0 Å². The molecule has 0 aliphatic rings. The Balaban J connectivity index is 2.36. The van der Waals surface area contributed by atoms with Gasteiger partial charge in [-0.2, -0.15) is 0 Å². The predicted molar refractivity (Wildman–Crippen MR) is 61.8 cm³/mol. The van der Waals surface area contributed by atoms with Crippen LogP contribution in [0.4, 0.5) is 0 Å². The highest BCUT2D eigenvalue weighted by Crippen LogP contribution is 2.19. The summed E-state index contributed by atoms with van der Waals surface area (Å²) in [6, 6.07) is 8.09. The number of hydrogen-bond acceptors (Lipinski definition) is 2. The van der Waals surface area contributed by atoms with Gasteiger partial charge in [-0.3, -0.25) is 0 Å². The summed E-state index contributed by atoms with van der Waals surface area (Å²) in [5.74, 6) is 6.67. The zero-order chi connectivity index (χ0) is 10.7. The topological polar surface area (TPSA) is 25.2 Å². The Morgan fingerprint density at radius 1 is 1.33 bits per heavy atom. The normalized spacial score (nSPS) is 10.0. The number of furan rings is 1. The van der Waals surface area contributed by atoms with Crippen molar-refractivity contribution in [3.05, 3.63) is 35.6 Å². The van der Waals surface area contributed by atoms with E-state index in [9.17, 15) is 0 Å². The minimum absolute atomic E-state index is 0.677. The van der Waals surface area contributed by atoms with Gasteiger partial charge in [0, 0.05) is 11.5 Å². The Bertz CT molecular complexity index is 528. The van der Waals surface area contributed by atoms with E-state index in [1.54, 1.807) is 0 Å². The third-order valence-corrected chi connectivity index (χ3v) is 2.15. The molecule has 0 aliphatic heterocycles. The maximum absolute atomic E-state index is 5.57. The number of fused-ring (bicyclic) bond motifs is 1. The molecule has 0 spiro atoms. The fraction of sp³-hybridized carbons (Fsp3) is 0.231. The lowest BCUT2D eigenvalue weighted by atomic mass is 10.2. The monoisotopic (exact) mass is 199 g/mol. The maximum Gasteiger partial charge on any atom is 0.178 e. The summed E-state index contributed by atoms with van der Waals surface area (Å²) in [6.45, 7) is 2.74. The molecule has 2 nitrogen and oxygen atoms in total. The van der Waals surface area contributed by atoms with Gasteiger partial charge >= 0.3 is 0 Å². The fourth-order valence-corrected chi connectivity index (χ4v) is 1.44. The van der Waals surface area contributed by atoms with Crippen molar-refractivity contribution < 1.29 is 4.42 Å². The summed E-state index contributed by atoms with van der Waals surface area (Å²) in [6.07, 6.45) is 0. The molecule has 1 aromatic carbocycles. The van der Waals surface area contributed by atoms with Gasteiger partial charge in [0.1, 0.15) is 5.58 Å². The lowest BCUT2D eigenvalue weighted by Crippen LogP contribution is -2.04. The van der Waals surface area contributed by atoms with Gasteiger partial charge in [-0.05, 0) is 32.0 Å². The SMILES string of the molecule is CNCC#Cc1cc2cc(C)ccc2o1. The van der Waals surface area contributed by atoms with E-state index in [0.29, 0.717) is 6.54 Å². The average Bonchev–Trinajstić information content (AvgIpc) is 2.60. The first-order chi connectivity index (χ1) is 7.29. The molecule has 1 heterocycles. The van der Waals surface area contributed by atoms with Crippen LogP contribution in [-0.2, 0) is 0 Å². The Morgan fingerprint density at radius 3 is 3.00 bits per heavy atom. The molecule has 0 bridgehead atoms. The van der Waals surface area contributed by atoms with Crippen LogP contribution < -0.4 is 5.32 Å². The van der Waals surface area contributed by atoms with Gasteiger partial charge in [0.2, 0.25) is 0 Å². The van der Waals surface area contributed by atoms with E-state index in [4.69, 9.17) is 4.42 Å². The zero-order valence-electron chi connectivity index (χ0n) is 8.92. The predicted octanol–water partition coefficient (Wildman–Crippen LogP) is 2.31. The van der Waals surface area contributed by atoms with E-state index in [-0.39, 0.29) is 0 Å². The molecule has 2 aromatic rings. The van der Waals surface area contributed by atoms with Gasteiger partial charge in [-0.25, -0.2) is 0 Å². The lowest BCUT2D eigenvalue weighted by Gasteiger charge is -1.89. The van der Waals surface area contributed by atoms with Gasteiger partial charge < -0.3 is 9.73 Å². The number of rotatable bonds is 1. The molecular weight excluding hydrogens is 186 g/mol. The molecule has 1 aromatic heterocycles. The third-order valence-electron chi connectivity index (χ3n) is 2.15. The van der Waals surface area contributed by atoms with E-state index >= 15 is 0 Å². The smallest absolute Gasteiger partial charge is 0.178 e. The summed E-state index contributed by atoms with van der Waals surface area (Å²) in [4.78, 5) is 0. The van der Waals surface area contributed by atoms with Crippen molar-refractivity contribution in [2.75, 3.05) is 13.6 Å². The molecular formula is C13H13NO. The first-order valence-corrected chi connectivity index (χ1v) is 4.93. The zero-order valence-corrected chi connectivity index (χ0v) is 8.92. The quantitative estimate of drug-likeness (QED) is 0.713. The molecule has 2 heteroatoms. The Hall–Kier alpha value is -1.72. The molecule has 15 heavy (non-hydrogen) atoms. The van der Waals surface area contributed by atoms with Crippen LogP contribution in [0.15, 0.2) is 28.7 Å². The van der Waals surface area contributed by atoms with Crippen LogP contribution in [0.2, 0.25) is 0 Å². The average molecular weight is 199 g/mol. The number of hydrogen-bond donors (Lipinski definition) is 1. The molecule has 1 N–H and O–H groups in total. The van der Waals surface area contributed by atoms with Crippen molar-refractivity contribution in [1.29, 1.82) is 0 Å². The van der Waals surface area contributed by atoms with Crippen molar-refractivity contribution in [3.8, 4) is 11.8 Å². The molecule has 0 unspecified atom stereocenters. The highest BCUT2D eigenvalue weighted by molar-refractivity contribution is 5.79. The van der Waals surface area contributed by atoms with E-state index < -0.39 is 0 Å². The molecule has 2 rings (SSSR count). The summed E-state index contributed by atoms with van der Waals surface area (Å²) in [5, 5.41) is 4.08. The number of benzene rings is 1. The molecule has 0 saturated heterocycles. The molecule has 0 saturated carbocycles. The van der Waals surface area contributed by atoms with E-state index in [2.05, 4.69) is 30.1 Å². The van der Waals surface area contributed by atoms with Crippen molar-refractivity contribution in [2.45, 2.75) is 6.92 Å². The largest absolute Gasteiger partial charge is 0.448 e. The Kier molecular flexibility index (Phi) is 2.75. The summed E-state index contributed by atoms with van der Waals surface area (Å²) >= 11 is 0. The molecule has 0 atom stereocenters. The molecule has 0 aliphatic carbocycles. The standard InChI is InChI=1S/C13H13NO/c1-10-5-6-13-11(8-10)9-12(15-13)4-3-7-14-2/h5-6,8-9,14H,7H2,1-2H3. The van der Waals surface area contributed by atoms with Crippen LogP contribution in [0.1, 0.15) is 11.3 Å². The third kappa shape index (κ3) is 2.20. The van der Waals surface area contributed by atoms with Gasteiger partial charge in [-0.1, -0.05) is 17.6 Å². The molecule has 0 amide bonds. The maximum atomic E-state index is 5.57. The second-order valence-electron chi connectivity index (χ2n) is 3.48. The minimum atomic E-state index is 0.677.